The smallest absolute Gasteiger partial charge is 0.0711 e. The molecule has 3 aromatic rings. The highest BCUT2D eigenvalue weighted by Gasteiger charge is 2.12. The van der Waals surface area contributed by atoms with Gasteiger partial charge in [-0.25, -0.2) is 0 Å². The second kappa shape index (κ2) is 6.12. The highest BCUT2D eigenvalue weighted by molar-refractivity contribution is 5.85. The molecule has 22 heavy (non-hydrogen) atoms. The SMILES string of the molecule is Cc1cccc(C)c1-c1ccccc1-c1cc(CO)ccn1. The van der Waals surface area contributed by atoms with Crippen LogP contribution in [-0.2, 0) is 6.61 Å². The van der Waals surface area contributed by atoms with Gasteiger partial charge in [-0.3, -0.25) is 4.98 Å². The molecule has 0 spiro atoms. The van der Waals surface area contributed by atoms with Crippen molar-refractivity contribution in [3.63, 3.8) is 0 Å². The maximum Gasteiger partial charge on any atom is 0.0711 e. The van der Waals surface area contributed by atoms with E-state index in [1.165, 1.54) is 22.3 Å². The highest BCUT2D eigenvalue weighted by Crippen LogP contribution is 2.35. The third kappa shape index (κ3) is 2.66. The van der Waals surface area contributed by atoms with Crippen molar-refractivity contribution in [1.29, 1.82) is 0 Å². The van der Waals surface area contributed by atoms with Crippen LogP contribution < -0.4 is 0 Å². The van der Waals surface area contributed by atoms with Gasteiger partial charge in [-0.05, 0) is 53.8 Å². The number of aryl methyl sites for hydroxylation is 2. The van der Waals surface area contributed by atoms with Crippen molar-refractivity contribution in [1.82, 2.24) is 4.98 Å². The fraction of sp³-hybridized carbons (Fsp3) is 0.150. The Balaban J connectivity index is 2.23. The third-order valence-electron chi connectivity index (χ3n) is 3.96. The van der Waals surface area contributed by atoms with Crippen molar-refractivity contribution in [3.8, 4) is 22.4 Å². The topological polar surface area (TPSA) is 33.1 Å². The molecule has 110 valence electrons. The second-order valence-corrected chi connectivity index (χ2v) is 5.52. The first kappa shape index (κ1) is 14.5. The summed E-state index contributed by atoms with van der Waals surface area (Å²) in [6, 6.07) is 18.5. The summed E-state index contributed by atoms with van der Waals surface area (Å²) in [5.41, 5.74) is 7.81. The van der Waals surface area contributed by atoms with E-state index in [-0.39, 0.29) is 6.61 Å². The molecular weight excluding hydrogens is 270 g/mol. The number of benzene rings is 2. The van der Waals surface area contributed by atoms with Crippen LogP contribution in [0.1, 0.15) is 16.7 Å². The van der Waals surface area contributed by atoms with Crippen LogP contribution in [0.3, 0.4) is 0 Å². The lowest BCUT2D eigenvalue weighted by atomic mass is 9.91. The van der Waals surface area contributed by atoms with Crippen LogP contribution in [0.25, 0.3) is 22.4 Å². The van der Waals surface area contributed by atoms with Crippen molar-refractivity contribution in [2.75, 3.05) is 0 Å². The number of hydrogen-bond acceptors (Lipinski definition) is 2. The third-order valence-corrected chi connectivity index (χ3v) is 3.96. The van der Waals surface area contributed by atoms with Gasteiger partial charge in [0.1, 0.15) is 0 Å². The minimum atomic E-state index is 0.0288. The summed E-state index contributed by atoms with van der Waals surface area (Å²) in [4.78, 5) is 4.49. The van der Waals surface area contributed by atoms with E-state index >= 15 is 0 Å². The summed E-state index contributed by atoms with van der Waals surface area (Å²) in [5.74, 6) is 0. The molecule has 3 rings (SSSR count). The van der Waals surface area contributed by atoms with Crippen LogP contribution in [0, 0.1) is 13.8 Å². The van der Waals surface area contributed by atoms with E-state index in [1.807, 2.05) is 18.2 Å². The first-order valence-electron chi connectivity index (χ1n) is 7.42. The lowest BCUT2D eigenvalue weighted by Crippen LogP contribution is -1.93. The summed E-state index contributed by atoms with van der Waals surface area (Å²) in [6.45, 7) is 4.30. The van der Waals surface area contributed by atoms with Gasteiger partial charge in [0, 0.05) is 11.8 Å². The van der Waals surface area contributed by atoms with E-state index in [0.29, 0.717) is 0 Å². The normalized spacial score (nSPS) is 10.7. The van der Waals surface area contributed by atoms with E-state index in [4.69, 9.17) is 0 Å². The largest absolute Gasteiger partial charge is 0.392 e. The molecule has 1 N–H and O–H groups in total. The van der Waals surface area contributed by atoms with Gasteiger partial charge in [-0.1, -0.05) is 42.5 Å². The molecule has 1 aromatic heterocycles. The molecule has 0 bridgehead atoms. The summed E-state index contributed by atoms with van der Waals surface area (Å²) >= 11 is 0. The number of nitrogens with zero attached hydrogens (tertiary/aromatic N) is 1. The van der Waals surface area contributed by atoms with Crippen molar-refractivity contribution in [3.05, 3.63) is 77.5 Å². The molecule has 0 aliphatic heterocycles. The van der Waals surface area contributed by atoms with E-state index in [9.17, 15) is 5.11 Å². The zero-order chi connectivity index (χ0) is 15.5. The molecule has 2 aromatic carbocycles. The van der Waals surface area contributed by atoms with Crippen LogP contribution in [0.15, 0.2) is 60.8 Å². The van der Waals surface area contributed by atoms with E-state index in [0.717, 1.165) is 16.8 Å². The maximum absolute atomic E-state index is 9.36. The molecule has 1 heterocycles. The van der Waals surface area contributed by atoms with Gasteiger partial charge >= 0.3 is 0 Å². The van der Waals surface area contributed by atoms with Crippen LogP contribution in [0.4, 0.5) is 0 Å². The van der Waals surface area contributed by atoms with Gasteiger partial charge < -0.3 is 5.11 Å². The molecule has 2 nitrogen and oxygen atoms in total. The zero-order valence-corrected chi connectivity index (χ0v) is 12.9. The van der Waals surface area contributed by atoms with Gasteiger partial charge in [0.05, 0.1) is 12.3 Å². The highest BCUT2D eigenvalue weighted by atomic mass is 16.3. The molecular formula is C20H19NO. The molecule has 0 saturated heterocycles. The zero-order valence-electron chi connectivity index (χ0n) is 12.9. The van der Waals surface area contributed by atoms with Crippen LogP contribution in [0.5, 0.6) is 0 Å². The molecule has 0 saturated carbocycles. The van der Waals surface area contributed by atoms with Crippen molar-refractivity contribution >= 4 is 0 Å². The molecule has 0 amide bonds. The van der Waals surface area contributed by atoms with E-state index in [2.05, 4.69) is 55.2 Å². The molecule has 2 heteroatoms. The summed E-state index contributed by atoms with van der Waals surface area (Å²) in [7, 11) is 0. The Morgan fingerprint density at radius 3 is 2.23 bits per heavy atom. The first-order valence-corrected chi connectivity index (χ1v) is 7.42. The molecule has 0 aliphatic carbocycles. The average Bonchev–Trinajstić information content (AvgIpc) is 2.55. The van der Waals surface area contributed by atoms with Crippen LogP contribution in [-0.4, -0.2) is 10.1 Å². The Labute approximate surface area is 131 Å². The Morgan fingerprint density at radius 2 is 1.55 bits per heavy atom. The molecule has 0 aliphatic rings. The van der Waals surface area contributed by atoms with Gasteiger partial charge in [0.25, 0.3) is 0 Å². The number of pyridine rings is 1. The molecule has 0 unspecified atom stereocenters. The quantitative estimate of drug-likeness (QED) is 0.768. The Hall–Kier alpha value is -2.45. The fourth-order valence-corrected chi connectivity index (χ4v) is 2.88. The number of aliphatic hydroxyl groups is 1. The van der Waals surface area contributed by atoms with Crippen LogP contribution in [0.2, 0.25) is 0 Å². The van der Waals surface area contributed by atoms with E-state index < -0.39 is 0 Å². The summed E-state index contributed by atoms with van der Waals surface area (Å²) in [5, 5.41) is 9.36. The lowest BCUT2D eigenvalue weighted by Gasteiger charge is -2.14. The standard InChI is InChI=1S/C20H19NO/c1-14-6-5-7-15(2)20(14)18-9-4-3-8-17(18)19-12-16(13-22)10-11-21-19/h3-12,22H,13H2,1-2H3. The number of aliphatic hydroxyl groups excluding tert-OH is 1. The molecule has 0 atom stereocenters. The summed E-state index contributed by atoms with van der Waals surface area (Å²) in [6.07, 6.45) is 1.75. The van der Waals surface area contributed by atoms with Crippen molar-refractivity contribution in [2.45, 2.75) is 20.5 Å². The average molecular weight is 289 g/mol. The van der Waals surface area contributed by atoms with E-state index in [1.54, 1.807) is 6.20 Å². The summed E-state index contributed by atoms with van der Waals surface area (Å²) < 4.78 is 0. The molecule has 0 radical (unpaired) electrons. The Bertz CT molecular complexity index is 788. The minimum Gasteiger partial charge on any atom is -0.392 e. The predicted molar refractivity (Wildman–Crippen MR) is 90.5 cm³/mol. The van der Waals surface area contributed by atoms with Gasteiger partial charge in [0.15, 0.2) is 0 Å². The lowest BCUT2D eigenvalue weighted by molar-refractivity contribution is 0.282. The minimum absolute atomic E-state index is 0.0288. The Morgan fingerprint density at radius 1 is 0.864 bits per heavy atom. The second-order valence-electron chi connectivity index (χ2n) is 5.52. The van der Waals surface area contributed by atoms with Crippen molar-refractivity contribution in [2.24, 2.45) is 0 Å². The van der Waals surface area contributed by atoms with Gasteiger partial charge in [-0.15, -0.1) is 0 Å². The molecule has 0 fully saturated rings. The van der Waals surface area contributed by atoms with Gasteiger partial charge in [0.2, 0.25) is 0 Å². The number of hydrogen-bond donors (Lipinski definition) is 1. The first-order chi connectivity index (χ1) is 10.7. The van der Waals surface area contributed by atoms with Crippen LogP contribution >= 0.6 is 0 Å². The number of aromatic nitrogens is 1. The Kier molecular flexibility index (Phi) is 4.03. The number of rotatable bonds is 3. The van der Waals surface area contributed by atoms with Gasteiger partial charge in [-0.2, -0.15) is 0 Å². The monoisotopic (exact) mass is 289 g/mol. The predicted octanol–water partition coefficient (Wildman–Crippen LogP) is 4.52. The maximum atomic E-state index is 9.36. The fourth-order valence-electron chi connectivity index (χ4n) is 2.88. The van der Waals surface area contributed by atoms with Crippen molar-refractivity contribution < 1.29 is 5.11 Å².